The smallest absolute Gasteiger partial charge is 0.249 e. The molecule has 2 fully saturated rings. The van der Waals surface area contributed by atoms with E-state index in [2.05, 4.69) is 26.0 Å². The molecule has 1 aliphatic heterocycles. The fourth-order valence-corrected chi connectivity index (χ4v) is 6.11. The van der Waals surface area contributed by atoms with Crippen molar-refractivity contribution in [3.05, 3.63) is 35.7 Å². The van der Waals surface area contributed by atoms with Crippen LogP contribution < -0.4 is 5.32 Å². The molecule has 1 amide bonds. The van der Waals surface area contributed by atoms with Crippen LogP contribution in [0.25, 0.3) is 11.4 Å². The van der Waals surface area contributed by atoms with Crippen LogP contribution in [0.15, 0.2) is 33.7 Å². The normalized spacial score (nSPS) is 19.4. The summed E-state index contributed by atoms with van der Waals surface area (Å²) in [6, 6.07) is 6.75. The molecule has 32 heavy (non-hydrogen) atoms. The number of amides is 1. The Morgan fingerprint density at radius 3 is 2.75 bits per heavy atom. The van der Waals surface area contributed by atoms with Gasteiger partial charge in [0.15, 0.2) is 11.6 Å². The minimum Gasteiger partial charge on any atom is -0.360 e. The molecule has 1 N–H and O–H groups in total. The van der Waals surface area contributed by atoms with Crippen LogP contribution in [0, 0.1) is 13.8 Å². The predicted octanol–water partition coefficient (Wildman–Crippen LogP) is 2.07. The number of aryl methyl sites for hydroxylation is 2. The molecule has 0 radical (unpaired) electrons. The van der Waals surface area contributed by atoms with E-state index < -0.39 is 16.1 Å². The molecule has 1 aliphatic carbocycles. The highest BCUT2D eigenvalue weighted by Gasteiger charge is 2.42. The van der Waals surface area contributed by atoms with Crippen molar-refractivity contribution >= 4 is 21.6 Å². The number of aromatic nitrogens is 5. The van der Waals surface area contributed by atoms with E-state index >= 15 is 0 Å². The van der Waals surface area contributed by atoms with Gasteiger partial charge in [0.05, 0.1) is 6.04 Å². The molecule has 1 atom stereocenters. The van der Waals surface area contributed by atoms with Crippen LogP contribution in [0.3, 0.4) is 0 Å². The fraction of sp³-hybridized carbons (Fsp3) is 0.450. The molecule has 3 aromatic rings. The Balaban J connectivity index is 1.37. The largest absolute Gasteiger partial charge is 0.360 e. The highest BCUT2D eigenvalue weighted by Crippen LogP contribution is 2.37. The van der Waals surface area contributed by atoms with Gasteiger partial charge in [0.1, 0.15) is 16.6 Å². The summed E-state index contributed by atoms with van der Waals surface area (Å²) in [4.78, 5) is 13.1. The average Bonchev–Trinajstić information content (AvgIpc) is 3.16. The Morgan fingerprint density at radius 2 is 2.03 bits per heavy atom. The van der Waals surface area contributed by atoms with Crippen molar-refractivity contribution in [2.24, 2.45) is 0 Å². The molecule has 168 valence electrons. The summed E-state index contributed by atoms with van der Waals surface area (Å²) in [6.07, 6.45) is 3.13. The molecule has 11 nitrogen and oxygen atoms in total. The Kier molecular flexibility index (Phi) is 5.05. The monoisotopic (exact) mass is 457 g/mol. The van der Waals surface area contributed by atoms with Gasteiger partial charge in [0.2, 0.25) is 15.9 Å². The maximum absolute atomic E-state index is 13.2. The number of sulfonamides is 1. The predicted molar refractivity (Wildman–Crippen MR) is 113 cm³/mol. The van der Waals surface area contributed by atoms with Gasteiger partial charge in [-0.3, -0.25) is 4.79 Å². The Hall–Kier alpha value is -3.12. The zero-order valence-corrected chi connectivity index (χ0v) is 18.5. The van der Waals surface area contributed by atoms with Crippen LogP contribution in [0.5, 0.6) is 0 Å². The van der Waals surface area contributed by atoms with Crippen LogP contribution in [-0.2, 0) is 14.8 Å². The first-order valence-corrected chi connectivity index (χ1v) is 11.9. The number of hydrogen-bond donors (Lipinski definition) is 1. The molecule has 3 heterocycles. The van der Waals surface area contributed by atoms with Gasteiger partial charge < -0.3 is 9.84 Å². The number of nitrogens with zero attached hydrogens (tertiary/aromatic N) is 6. The molecule has 0 unspecified atom stereocenters. The van der Waals surface area contributed by atoms with E-state index in [1.165, 1.54) is 4.31 Å². The molecule has 2 aromatic heterocycles. The fourth-order valence-electron chi connectivity index (χ4n) is 4.16. The minimum atomic E-state index is -3.91. The zero-order chi connectivity index (χ0) is 22.5. The number of nitrogens with one attached hydrogen (secondary N) is 1. The Bertz CT molecular complexity index is 1260. The number of carbonyl (C=O) groups is 1. The summed E-state index contributed by atoms with van der Waals surface area (Å²) in [5.74, 6) is 0.485. The van der Waals surface area contributed by atoms with Gasteiger partial charge in [-0.1, -0.05) is 17.3 Å². The van der Waals surface area contributed by atoms with Gasteiger partial charge in [-0.2, -0.15) is 4.31 Å². The summed E-state index contributed by atoms with van der Waals surface area (Å²) in [6.45, 7) is 3.40. The SMILES string of the molecule is Cc1noc(C)c1S(=O)(=O)N1CCC[C@H]1C(=O)Nc1cccc(-c2nnnn2C2CC2)c1. The van der Waals surface area contributed by atoms with E-state index in [1.54, 1.807) is 30.7 Å². The van der Waals surface area contributed by atoms with Crippen molar-refractivity contribution in [2.45, 2.75) is 56.5 Å². The van der Waals surface area contributed by atoms with Crippen molar-refractivity contribution in [3.63, 3.8) is 0 Å². The first kappa shape index (κ1) is 20.8. The van der Waals surface area contributed by atoms with Crippen LogP contribution in [0.4, 0.5) is 5.69 Å². The standard InChI is InChI=1S/C20H23N7O4S/c1-12-18(13(2)31-23-12)32(29,30)26-10-4-7-17(26)20(28)21-15-6-3-5-14(11-15)19-22-24-25-27(19)16-8-9-16/h3,5-6,11,16-17H,4,7-10H2,1-2H3,(H,21,28)/t17-/m0/s1. The van der Waals surface area contributed by atoms with E-state index in [-0.39, 0.29) is 28.8 Å². The Labute approximate surface area is 184 Å². The Morgan fingerprint density at radius 1 is 1.22 bits per heavy atom. The lowest BCUT2D eigenvalue weighted by atomic mass is 10.1. The maximum Gasteiger partial charge on any atom is 0.249 e. The van der Waals surface area contributed by atoms with Gasteiger partial charge in [0, 0.05) is 17.8 Å². The second-order valence-corrected chi connectivity index (χ2v) is 10.0. The quantitative estimate of drug-likeness (QED) is 0.594. The van der Waals surface area contributed by atoms with E-state index in [4.69, 9.17) is 4.52 Å². The number of carbonyl (C=O) groups excluding carboxylic acids is 1. The van der Waals surface area contributed by atoms with Crippen molar-refractivity contribution in [2.75, 3.05) is 11.9 Å². The van der Waals surface area contributed by atoms with E-state index in [0.717, 1.165) is 18.4 Å². The molecule has 0 spiro atoms. The highest BCUT2D eigenvalue weighted by atomic mass is 32.2. The molecular weight excluding hydrogens is 434 g/mol. The topological polar surface area (TPSA) is 136 Å². The second kappa shape index (κ2) is 7.78. The lowest BCUT2D eigenvalue weighted by Gasteiger charge is -2.23. The number of tetrazole rings is 1. The van der Waals surface area contributed by atoms with Gasteiger partial charge >= 0.3 is 0 Å². The zero-order valence-electron chi connectivity index (χ0n) is 17.7. The minimum absolute atomic E-state index is 0.0334. The molecule has 0 bridgehead atoms. The van der Waals surface area contributed by atoms with Crippen LogP contribution in [-0.4, -0.2) is 56.6 Å². The number of rotatable bonds is 6. The van der Waals surface area contributed by atoms with E-state index in [0.29, 0.717) is 30.4 Å². The molecule has 12 heteroatoms. The van der Waals surface area contributed by atoms with Crippen LogP contribution in [0.2, 0.25) is 0 Å². The van der Waals surface area contributed by atoms with Crippen molar-refractivity contribution in [1.29, 1.82) is 0 Å². The summed E-state index contributed by atoms with van der Waals surface area (Å²) < 4.78 is 34.6. The van der Waals surface area contributed by atoms with E-state index in [1.807, 2.05) is 12.1 Å². The average molecular weight is 458 g/mol. The van der Waals surface area contributed by atoms with Gasteiger partial charge in [-0.25, -0.2) is 13.1 Å². The van der Waals surface area contributed by atoms with Crippen LogP contribution in [0.1, 0.15) is 43.2 Å². The lowest BCUT2D eigenvalue weighted by Crippen LogP contribution is -2.43. The van der Waals surface area contributed by atoms with Crippen molar-refractivity contribution in [1.82, 2.24) is 29.7 Å². The summed E-state index contributed by atoms with van der Waals surface area (Å²) in [5.41, 5.74) is 1.63. The molecule has 1 saturated carbocycles. The van der Waals surface area contributed by atoms with Gasteiger partial charge in [-0.05, 0) is 62.1 Å². The van der Waals surface area contributed by atoms with Crippen molar-refractivity contribution < 1.29 is 17.7 Å². The first-order chi connectivity index (χ1) is 15.4. The summed E-state index contributed by atoms with van der Waals surface area (Å²) in [5, 5.41) is 18.6. The van der Waals surface area contributed by atoms with Gasteiger partial charge in [0.25, 0.3) is 0 Å². The molecule has 2 aliphatic rings. The third kappa shape index (κ3) is 3.58. The summed E-state index contributed by atoms with van der Waals surface area (Å²) in [7, 11) is -3.91. The van der Waals surface area contributed by atoms with Gasteiger partial charge in [-0.15, -0.1) is 5.10 Å². The molecular formula is C20H23N7O4S. The summed E-state index contributed by atoms with van der Waals surface area (Å²) >= 11 is 0. The lowest BCUT2D eigenvalue weighted by molar-refractivity contribution is -0.119. The number of anilines is 1. The van der Waals surface area contributed by atoms with E-state index in [9.17, 15) is 13.2 Å². The molecule has 1 aromatic carbocycles. The third-order valence-corrected chi connectivity index (χ3v) is 7.97. The second-order valence-electron chi connectivity index (χ2n) is 8.18. The molecule has 1 saturated heterocycles. The highest BCUT2D eigenvalue weighted by molar-refractivity contribution is 7.89. The number of hydrogen-bond acceptors (Lipinski definition) is 8. The maximum atomic E-state index is 13.2. The number of benzene rings is 1. The first-order valence-electron chi connectivity index (χ1n) is 10.5. The molecule has 5 rings (SSSR count). The van der Waals surface area contributed by atoms with Crippen LogP contribution >= 0.6 is 0 Å². The third-order valence-electron chi connectivity index (χ3n) is 5.81. The van der Waals surface area contributed by atoms with Crippen molar-refractivity contribution in [3.8, 4) is 11.4 Å².